The smallest absolute Gasteiger partial charge is 0.0935 e. The monoisotopic (exact) mass is 1950 g/mol. The molecule has 39 unspecified atom stereocenters. The quantitative estimate of drug-likeness (QED) is 0.0274. The van der Waals surface area contributed by atoms with Crippen LogP contribution >= 0.6 is 0 Å². The number of allylic oxidation sites excluding steroid dienone is 6. The van der Waals surface area contributed by atoms with Crippen LogP contribution in [0.2, 0.25) is 0 Å². The number of hydrogen-bond donors (Lipinski definition) is 5. The van der Waals surface area contributed by atoms with Crippen LogP contribution in [-0.2, 0) is 30.9 Å². The highest BCUT2D eigenvalue weighted by Gasteiger charge is 2.68. The fraction of sp³-hybridized carbons (Fsp3) is 0.915. The van der Waals surface area contributed by atoms with Crippen LogP contribution in [0.15, 0.2) is 59.3 Å². The zero-order valence-corrected chi connectivity index (χ0v) is 96.2. The molecule has 1 aromatic heterocycles. The molecule has 17 rings (SSSR count). The first-order chi connectivity index (χ1) is 66.2. The summed E-state index contributed by atoms with van der Waals surface area (Å²) >= 11 is 0. The Morgan fingerprint density at radius 1 is 0.364 bits per heavy atom. The van der Waals surface area contributed by atoms with Gasteiger partial charge in [-0.25, -0.2) is 24.4 Å². The zero-order valence-electron chi connectivity index (χ0n) is 96.2. The molecule has 11 nitrogen and oxygen atoms in total. The second-order valence-corrected chi connectivity index (χ2v) is 58.1. The van der Waals surface area contributed by atoms with E-state index in [1.165, 1.54) is 275 Å². The normalized spacial score (nSPS) is 42.5. The van der Waals surface area contributed by atoms with Crippen molar-refractivity contribution in [2.45, 2.75) is 520 Å². The van der Waals surface area contributed by atoms with E-state index in [4.69, 9.17) is 24.8 Å². The van der Waals surface area contributed by atoms with Crippen molar-refractivity contribution < 1.29 is 50.7 Å². The van der Waals surface area contributed by atoms with E-state index in [0.717, 1.165) is 173 Å². The lowest BCUT2D eigenvalue weighted by molar-refractivity contribution is -0.303. The lowest BCUT2D eigenvalue weighted by atomic mass is 9.39. The predicted molar refractivity (Wildman–Crippen MR) is 583 cm³/mol. The van der Waals surface area contributed by atoms with E-state index in [1.54, 1.807) is 17.3 Å². The Balaban J connectivity index is 0.000000151. The van der Waals surface area contributed by atoms with Gasteiger partial charge < -0.3 is 0 Å². The molecular formula is C129H223NO10. The van der Waals surface area contributed by atoms with E-state index in [-0.39, 0.29) is 41.3 Å². The van der Waals surface area contributed by atoms with Gasteiger partial charge in [0.1, 0.15) is 0 Å². The number of pyridine rings is 1. The molecule has 0 radical (unpaired) electrons. The van der Waals surface area contributed by atoms with E-state index in [9.17, 15) is 21.0 Å². The second kappa shape index (κ2) is 47.9. The fourth-order valence-corrected chi connectivity index (χ4v) is 41.2. The van der Waals surface area contributed by atoms with Crippen LogP contribution in [-0.4, -0.2) is 61.8 Å². The minimum absolute atomic E-state index is 0.00435. The Morgan fingerprint density at radius 3 is 1.24 bits per heavy atom. The molecule has 0 amide bonds. The molecule has 140 heavy (non-hydrogen) atoms. The molecule has 0 bridgehead atoms. The number of rotatable bonds is 31. The maximum atomic E-state index is 9.45. The third kappa shape index (κ3) is 23.5. The Bertz CT molecular complexity index is 4070. The second-order valence-electron chi connectivity index (χ2n) is 58.1. The zero-order chi connectivity index (χ0) is 102. The third-order valence-electron chi connectivity index (χ3n) is 49.0. The van der Waals surface area contributed by atoms with Gasteiger partial charge in [-0.15, -0.1) is 0 Å². The van der Waals surface area contributed by atoms with Crippen molar-refractivity contribution in [1.82, 2.24) is 4.98 Å². The highest BCUT2D eigenvalue weighted by Crippen LogP contribution is 2.76. The van der Waals surface area contributed by atoms with Crippen LogP contribution in [0, 0.1) is 226 Å². The SMILES string of the molecule is CC(C)=CCCC(C)C1CCC2C3CCC4C(C)(C)C(C(C)OO)CCC4(C)C3CCC12C.CC(C)CCCC(C)C1CCC2C3CC=C4C(C)(C)C(C(C)OO)CCC4(C)C3CCC12C.CC(C)CCCC(C)C1CCC2C3CC=C4CC(C(C)OO)CCC4(C)C3CCC12C.CC(C)CCCC(C)C1CCC2C3CCC4CC(C(C)OO)CCC4(C)C3CCC12C.CC(CCc1ccccn1)OO. The van der Waals surface area contributed by atoms with Gasteiger partial charge in [0.15, 0.2) is 0 Å². The van der Waals surface area contributed by atoms with E-state index >= 15 is 0 Å². The molecule has 39 atom stereocenters. The minimum Gasteiger partial charge on any atom is -0.261 e. The van der Waals surface area contributed by atoms with Crippen molar-refractivity contribution in [3.63, 3.8) is 0 Å². The Morgan fingerprint density at radius 2 is 0.771 bits per heavy atom. The van der Waals surface area contributed by atoms with Gasteiger partial charge in [-0.05, 0) is 518 Å². The van der Waals surface area contributed by atoms with E-state index in [1.807, 2.05) is 39.0 Å². The first-order valence-corrected chi connectivity index (χ1v) is 60.6. The van der Waals surface area contributed by atoms with E-state index in [0.29, 0.717) is 67.0 Å². The number of nitrogens with zero attached hydrogens (tertiary/aromatic N) is 1. The van der Waals surface area contributed by atoms with Gasteiger partial charge in [0.05, 0.1) is 30.5 Å². The van der Waals surface area contributed by atoms with Gasteiger partial charge in [-0.1, -0.05) is 251 Å². The number of aromatic nitrogens is 1. The summed E-state index contributed by atoms with van der Waals surface area (Å²) in [7, 11) is 0. The highest BCUT2D eigenvalue weighted by atomic mass is 17.1. The van der Waals surface area contributed by atoms with Crippen molar-refractivity contribution in [3.05, 3.63) is 65.0 Å². The minimum atomic E-state index is -0.119. The molecule has 0 saturated heterocycles. The summed E-state index contributed by atoms with van der Waals surface area (Å²) in [5, 5.41) is 45.6. The van der Waals surface area contributed by atoms with Crippen molar-refractivity contribution in [2.24, 2.45) is 226 Å². The number of fused-ring (bicyclic) bond motifs is 20. The lowest BCUT2D eigenvalue weighted by Crippen LogP contribution is -2.59. The van der Waals surface area contributed by atoms with Crippen LogP contribution in [0.4, 0.5) is 0 Å². The third-order valence-corrected chi connectivity index (χ3v) is 49.0. The molecule has 0 aliphatic heterocycles. The number of hydrogen-bond acceptors (Lipinski definition) is 11. The molecule has 11 heteroatoms. The molecule has 0 aromatic carbocycles. The first-order valence-electron chi connectivity index (χ1n) is 60.6. The van der Waals surface area contributed by atoms with E-state index < -0.39 is 0 Å². The average molecular weight is 1950 g/mol. The van der Waals surface area contributed by atoms with Crippen molar-refractivity contribution >= 4 is 0 Å². The molecule has 14 saturated carbocycles. The summed E-state index contributed by atoms with van der Waals surface area (Å²) in [6.07, 6.45) is 70.6. The van der Waals surface area contributed by atoms with Crippen LogP contribution < -0.4 is 0 Å². The van der Waals surface area contributed by atoms with Gasteiger partial charge in [0.2, 0.25) is 0 Å². The fourth-order valence-electron chi connectivity index (χ4n) is 41.2. The molecular weight excluding hydrogens is 1720 g/mol. The molecule has 0 spiro atoms. The summed E-state index contributed by atoms with van der Waals surface area (Å²) in [6, 6.07) is 5.80. The van der Waals surface area contributed by atoms with Crippen LogP contribution in [0.3, 0.4) is 0 Å². The maximum absolute atomic E-state index is 9.45. The van der Waals surface area contributed by atoms with Gasteiger partial charge in [-0.2, -0.15) is 0 Å². The number of aryl methyl sites for hydroxylation is 1. The summed E-state index contributed by atoms with van der Waals surface area (Å²) in [5.41, 5.74) is 10.3. The molecule has 1 aromatic rings. The predicted octanol–water partition coefficient (Wildman–Crippen LogP) is 37.3. The summed E-state index contributed by atoms with van der Waals surface area (Å²) < 4.78 is 0. The molecule has 16 aliphatic carbocycles. The van der Waals surface area contributed by atoms with Gasteiger partial charge in [0.25, 0.3) is 0 Å². The van der Waals surface area contributed by atoms with Crippen LogP contribution in [0.25, 0.3) is 0 Å². The summed E-state index contributed by atoms with van der Waals surface area (Å²) in [6.45, 7) is 70.3. The molecule has 16 aliphatic rings. The Hall–Kier alpha value is -2.03. The molecule has 5 N–H and O–H groups in total. The molecule has 1 heterocycles. The van der Waals surface area contributed by atoms with Gasteiger partial charge in [-0.3, -0.25) is 31.3 Å². The van der Waals surface area contributed by atoms with Crippen molar-refractivity contribution in [3.8, 4) is 0 Å². The average Bonchev–Trinajstić information content (AvgIpc) is 1.62. The Labute approximate surface area is 861 Å². The van der Waals surface area contributed by atoms with E-state index in [2.05, 4.69) is 208 Å². The molecule has 804 valence electrons. The van der Waals surface area contributed by atoms with Crippen molar-refractivity contribution in [2.75, 3.05) is 0 Å². The highest BCUT2D eigenvalue weighted by molar-refractivity contribution is 5.32. The standard InChI is InChI=1S/2C31H54O2.C29H52O2.C29H50O2.C9H13NO2/c2*1-20(2)10-9-11-21(3)24-13-14-26-23-12-15-28-29(5,6)25(22(4)33-32)16-19-31(28,8)27(23)17-18-30(24,26)7;2*1-19(2)8-7-9-20(3)25-12-13-26-24-11-10-23-18-22(21(4)31-30)14-16-28(23,5)27(24)15-17-29(25,26)6;1-8(12-11)5-6-9-4-2-3-7-10-9/h15,20-27,32H,9-14,16-19H2,1-8H3;10,21-28,32H,9,11-19H2,1-8H3;19-27,30H,7-18H2,1-6H3;10,19-22,24-27,30H,7-9,11-18H2,1-6H3;2-4,7-8,11H,5-6H2,1H3. The first kappa shape index (κ1) is 115. The maximum Gasteiger partial charge on any atom is 0.0935 e. The summed E-state index contributed by atoms with van der Waals surface area (Å²) in [4.78, 5) is 27.5. The van der Waals surface area contributed by atoms with Crippen LogP contribution in [0.1, 0.15) is 489 Å². The summed E-state index contributed by atoms with van der Waals surface area (Å²) in [5.74, 6) is 24.4. The van der Waals surface area contributed by atoms with Crippen LogP contribution in [0.5, 0.6) is 0 Å². The topological polar surface area (TPSA) is 160 Å². The lowest BCUT2D eigenvalue weighted by Gasteiger charge is -2.65. The van der Waals surface area contributed by atoms with Crippen molar-refractivity contribution in [1.29, 1.82) is 0 Å². The largest absolute Gasteiger partial charge is 0.261 e. The van der Waals surface area contributed by atoms with Gasteiger partial charge >= 0.3 is 0 Å². The Kier molecular flexibility index (Phi) is 39.4. The van der Waals surface area contributed by atoms with Gasteiger partial charge in [0, 0.05) is 11.9 Å². The molecule has 14 fully saturated rings.